The third-order valence-electron chi connectivity index (χ3n) is 4.22. The first kappa shape index (κ1) is 14.5. The molecule has 1 aliphatic rings. The van der Waals surface area contributed by atoms with Crippen molar-refractivity contribution in [2.24, 2.45) is 5.92 Å². The van der Waals surface area contributed by atoms with Crippen LogP contribution in [-0.2, 0) is 6.54 Å². The van der Waals surface area contributed by atoms with Crippen LogP contribution in [0, 0.1) is 17.2 Å². The number of fused-ring (bicyclic) bond motifs is 1. The molecule has 2 N–H and O–H groups in total. The van der Waals surface area contributed by atoms with Crippen LogP contribution in [-0.4, -0.2) is 37.7 Å². The molecule has 3 rings (SSSR count). The Bertz CT molecular complexity index is 604. The summed E-state index contributed by atoms with van der Waals surface area (Å²) in [6, 6.07) is 10.7. The van der Waals surface area contributed by atoms with Crippen LogP contribution in [0.1, 0.15) is 11.9 Å². The molecular formula is C16H22N4S+2. The Labute approximate surface area is 129 Å². The Hall–Kier alpha value is -1.48. The molecule has 2 aromatic rings. The summed E-state index contributed by atoms with van der Waals surface area (Å²) in [6.45, 7) is 8.77. The second kappa shape index (κ2) is 6.52. The number of nitriles is 1. The summed E-state index contributed by atoms with van der Waals surface area (Å²) in [5.74, 6) is 0.172. The molecule has 0 radical (unpaired) electrons. The third kappa shape index (κ3) is 3.59. The van der Waals surface area contributed by atoms with Crippen LogP contribution in [0.5, 0.6) is 0 Å². The summed E-state index contributed by atoms with van der Waals surface area (Å²) in [6.07, 6.45) is 0. The van der Waals surface area contributed by atoms with E-state index in [4.69, 9.17) is 10.2 Å². The van der Waals surface area contributed by atoms with Crippen molar-refractivity contribution >= 4 is 21.6 Å². The van der Waals surface area contributed by atoms with Crippen LogP contribution >= 0.6 is 11.3 Å². The van der Waals surface area contributed by atoms with Crippen LogP contribution < -0.4 is 9.80 Å². The van der Waals surface area contributed by atoms with Gasteiger partial charge in [0.05, 0.1) is 28.7 Å². The molecule has 110 valence electrons. The van der Waals surface area contributed by atoms with Crippen molar-refractivity contribution in [3.63, 3.8) is 0 Å². The molecule has 21 heavy (non-hydrogen) atoms. The van der Waals surface area contributed by atoms with E-state index in [2.05, 4.69) is 30.3 Å². The fourth-order valence-corrected chi connectivity index (χ4v) is 4.07. The first-order valence-electron chi connectivity index (χ1n) is 7.66. The van der Waals surface area contributed by atoms with Crippen LogP contribution in [0.3, 0.4) is 0 Å². The van der Waals surface area contributed by atoms with E-state index in [1.54, 1.807) is 9.80 Å². The minimum Gasteiger partial charge on any atom is -0.325 e. The van der Waals surface area contributed by atoms with Crippen molar-refractivity contribution in [3.8, 4) is 6.07 Å². The highest BCUT2D eigenvalue weighted by Gasteiger charge is 2.25. The van der Waals surface area contributed by atoms with E-state index in [-0.39, 0.29) is 5.92 Å². The van der Waals surface area contributed by atoms with Crippen molar-refractivity contribution in [2.45, 2.75) is 13.5 Å². The first-order valence-corrected chi connectivity index (χ1v) is 8.47. The lowest BCUT2D eigenvalue weighted by Crippen LogP contribution is -3.27. The quantitative estimate of drug-likeness (QED) is 0.817. The maximum absolute atomic E-state index is 8.91. The average molecular weight is 302 g/mol. The molecule has 0 bridgehead atoms. The van der Waals surface area contributed by atoms with Gasteiger partial charge in [-0.3, -0.25) is 0 Å². The molecule has 4 nitrogen and oxygen atoms in total. The molecule has 1 fully saturated rings. The number of quaternary nitrogens is 2. The normalized spacial score (nSPS) is 23.8. The third-order valence-corrected chi connectivity index (χ3v) is 5.26. The fraction of sp³-hybridized carbons (Fsp3) is 0.500. The van der Waals surface area contributed by atoms with Crippen molar-refractivity contribution in [1.29, 1.82) is 5.26 Å². The molecule has 0 spiro atoms. The molecule has 0 amide bonds. The molecule has 2 heterocycles. The highest BCUT2D eigenvalue weighted by Crippen LogP contribution is 2.20. The highest BCUT2D eigenvalue weighted by molar-refractivity contribution is 7.18. The monoisotopic (exact) mass is 302 g/mol. The number of para-hydroxylation sites is 1. The molecule has 1 aromatic carbocycles. The van der Waals surface area contributed by atoms with Gasteiger partial charge in [-0.15, -0.1) is 11.3 Å². The van der Waals surface area contributed by atoms with Crippen molar-refractivity contribution < 1.29 is 9.80 Å². The zero-order chi connectivity index (χ0) is 14.7. The van der Waals surface area contributed by atoms with Crippen molar-refractivity contribution in [1.82, 2.24) is 4.98 Å². The van der Waals surface area contributed by atoms with Gasteiger partial charge in [0.25, 0.3) is 0 Å². The zero-order valence-electron chi connectivity index (χ0n) is 12.4. The summed E-state index contributed by atoms with van der Waals surface area (Å²) >= 11 is 1.82. The fourth-order valence-electron chi connectivity index (χ4n) is 3.03. The number of hydrogen-bond acceptors (Lipinski definition) is 3. The summed E-state index contributed by atoms with van der Waals surface area (Å²) in [4.78, 5) is 7.94. The lowest BCUT2D eigenvalue weighted by atomic mass is 10.2. The summed E-state index contributed by atoms with van der Waals surface area (Å²) in [5.41, 5.74) is 1.13. The van der Waals surface area contributed by atoms with E-state index in [0.717, 1.165) is 18.6 Å². The lowest BCUT2D eigenvalue weighted by molar-refractivity contribution is -1.02. The Morgan fingerprint density at radius 2 is 1.95 bits per heavy atom. The number of nitrogens with zero attached hydrogens (tertiary/aromatic N) is 2. The molecule has 1 atom stereocenters. The number of piperazine rings is 1. The standard InChI is InChI=1S/C16H20N4S/c1-13(10-17)11-19-6-8-20(9-7-19)12-16-18-14-4-2-3-5-15(14)21-16/h2-5,13H,6-9,11-12H2,1H3/p+2/t13-/m0/s1. The molecule has 0 aliphatic carbocycles. The van der Waals surface area contributed by atoms with Crippen molar-refractivity contribution in [3.05, 3.63) is 29.3 Å². The van der Waals surface area contributed by atoms with Crippen LogP contribution in [0.2, 0.25) is 0 Å². The van der Waals surface area contributed by atoms with Gasteiger partial charge in [-0.05, 0) is 19.1 Å². The van der Waals surface area contributed by atoms with E-state index in [1.165, 1.54) is 35.9 Å². The SMILES string of the molecule is C[C@@H](C#N)C[NH+]1CC[NH+](Cc2nc3ccccc3s2)CC1. The van der Waals surface area contributed by atoms with Crippen LogP contribution in [0.4, 0.5) is 0 Å². The Morgan fingerprint density at radius 3 is 2.67 bits per heavy atom. The second-order valence-corrected chi connectivity index (χ2v) is 7.10. The van der Waals surface area contributed by atoms with Gasteiger partial charge in [-0.25, -0.2) is 4.98 Å². The summed E-state index contributed by atoms with van der Waals surface area (Å²) in [7, 11) is 0. The molecule has 5 heteroatoms. The minimum atomic E-state index is 0.172. The van der Waals surface area contributed by atoms with Crippen LogP contribution in [0.25, 0.3) is 10.2 Å². The Morgan fingerprint density at radius 1 is 1.24 bits per heavy atom. The van der Waals surface area contributed by atoms with Gasteiger partial charge in [0.1, 0.15) is 37.7 Å². The molecule has 1 aromatic heterocycles. The first-order chi connectivity index (χ1) is 10.2. The molecule has 0 saturated carbocycles. The molecule has 1 aliphatic heterocycles. The second-order valence-electron chi connectivity index (χ2n) is 5.99. The smallest absolute Gasteiger partial charge is 0.148 e. The summed E-state index contributed by atoms with van der Waals surface area (Å²) < 4.78 is 1.29. The van der Waals surface area contributed by atoms with E-state index in [0.29, 0.717) is 0 Å². The van der Waals surface area contributed by atoms with E-state index in [1.807, 2.05) is 18.3 Å². The zero-order valence-corrected chi connectivity index (χ0v) is 13.2. The number of nitrogens with one attached hydrogen (secondary N) is 2. The number of benzene rings is 1. The molecular weight excluding hydrogens is 280 g/mol. The predicted octanol–water partition coefficient (Wildman–Crippen LogP) is -0.261. The van der Waals surface area contributed by atoms with E-state index >= 15 is 0 Å². The maximum Gasteiger partial charge on any atom is 0.148 e. The van der Waals surface area contributed by atoms with Gasteiger partial charge in [-0.1, -0.05) is 12.1 Å². The largest absolute Gasteiger partial charge is 0.325 e. The molecule has 0 unspecified atom stereocenters. The van der Waals surface area contributed by atoms with E-state index in [9.17, 15) is 0 Å². The van der Waals surface area contributed by atoms with Gasteiger partial charge < -0.3 is 9.80 Å². The van der Waals surface area contributed by atoms with Gasteiger partial charge in [0, 0.05) is 0 Å². The number of rotatable bonds is 4. The number of hydrogen-bond donors (Lipinski definition) is 2. The summed E-state index contributed by atoms with van der Waals surface area (Å²) in [5, 5.41) is 10.2. The molecule has 1 saturated heterocycles. The van der Waals surface area contributed by atoms with Gasteiger partial charge in [-0.2, -0.15) is 5.26 Å². The maximum atomic E-state index is 8.91. The van der Waals surface area contributed by atoms with Crippen molar-refractivity contribution in [2.75, 3.05) is 32.7 Å². The van der Waals surface area contributed by atoms with Gasteiger partial charge in [0.15, 0.2) is 0 Å². The van der Waals surface area contributed by atoms with E-state index < -0.39 is 0 Å². The lowest BCUT2D eigenvalue weighted by Gasteiger charge is -2.29. The van der Waals surface area contributed by atoms with Gasteiger partial charge in [0.2, 0.25) is 0 Å². The number of thiazole rings is 1. The van der Waals surface area contributed by atoms with Crippen LogP contribution in [0.15, 0.2) is 24.3 Å². The predicted molar refractivity (Wildman–Crippen MR) is 84.4 cm³/mol. The number of aromatic nitrogens is 1. The minimum absolute atomic E-state index is 0.172. The topological polar surface area (TPSA) is 45.6 Å². The highest BCUT2D eigenvalue weighted by atomic mass is 32.1. The average Bonchev–Trinajstić information content (AvgIpc) is 2.91. The van der Waals surface area contributed by atoms with Gasteiger partial charge >= 0.3 is 0 Å². The Kier molecular flexibility index (Phi) is 4.49. The Balaban J connectivity index is 1.54.